The molecule has 0 aromatic rings. The first-order valence-electron chi connectivity index (χ1n) is 45.4. The molecule has 18 atom stereocenters. The van der Waals surface area contributed by atoms with Crippen LogP contribution in [0.25, 0.3) is 0 Å². The second kappa shape index (κ2) is 66.9. The van der Waals surface area contributed by atoms with Crippen LogP contribution in [-0.4, -0.2) is 205 Å². The van der Waals surface area contributed by atoms with Gasteiger partial charge in [0.1, 0.15) is 92.6 Å². The van der Waals surface area contributed by atoms with Crippen LogP contribution in [0.5, 0.6) is 0 Å². The molecular weight excluding hydrogens is 1480 g/mol. The summed E-state index contributed by atoms with van der Waals surface area (Å²) in [5.74, 6) is -2.97. The van der Waals surface area contributed by atoms with Crippen molar-refractivity contribution in [2.45, 2.75) is 491 Å². The van der Waals surface area contributed by atoms with Gasteiger partial charge in [0.25, 0.3) is 0 Å². The zero-order valence-electron chi connectivity index (χ0n) is 70.4. The van der Waals surface area contributed by atoms with Crippen LogP contribution in [-0.2, 0) is 70.7 Å². The van der Waals surface area contributed by atoms with Crippen LogP contribution in [0.15, 0.2) is 12.2 Å². The lowest BCUT2D eigenvalue weighted by Gasteiger charge is -2.50. The number of phosphoric ester groups is 1. The van der Waals surface area contributed by atoms with E-state index in [9.17, 15) is 74.6 Å². The molecule has 664 valence electrons. The van der Waals surface area contributed by atoms with Gasteiger partial charge in [0.15, 0.2) is 24.8 Å². The van der Waals surface area contributed by atoms with Crippen molar-refractivity contribution in [2.24, 2.45) is 0 Å². The first kappa shape index (κ1) is 104. The van der Waals surface area contributed by atoms with Crippen molar-refractivity contribution in [3.05, 3.63) is 12.2 Å². The van der Waals surface area contributed by atoms with E-state index in [0.29, 0.717) is 38.5 Å². The van der Waals surface area contributed by atoms with Gasteiger partial charge < -0.3 is 88.7 Å². The molecule has 1 aliphatic carbocycles. The van der Waals surface area contributed by atoms with Crippen molar-refractivity contribution < 1.29 is 122 Å². The Morgan fingerprint density at radius 2 is 0.664 bits per heavy atom. The fourth-order valence-corrected chi connectivity index (χ4v) is 16.0. The van der Waals surface area contributed by atoms with Gasteiger partial charge in [-0.1, -0.05) is 322 Å². The summed E-state index contributed by atoms with van der Waals surface area (Å²) < 4.78 is 73.3. The van der Waals surface area contributed by atoms with E-state index in [1.165, 1.54) is 173 Å². The number of carbonyl (C=O) groups is 4. The van der Waals surface area contributed by atoms with Gasteiger partial charge in [0.2, 0.25) is 0 Å². The minimum Gasteiger partial charge on any atom is -0.463 e. The van der Waals surface area contributed by atoms with Gasteiger partial charge in [-0.25, -0.2) is 4.57 Å². The smallest absolute Gasteiger partial charge is 0.463 e. The first-order chi connectivity index (χ1) is 54.7. The van der Waals surface area contributed by atoms with Crippen LogP contribution < -0.4 is 0 Å². The van der Waals surface area contributed by atoms with E-state index >= 15 is 0 Å². The monoisotopic (exact) mass is 1640 g/mol. The topological polar surface area (TPSA) is 380 Å². The van der Waals surface area contributed by atoms with Gasteiger partial charge >= 0.3 is 31.7 Å². The van der Waals surface area contributed by atoms with Crippen molar-refractivity contribution in [2.75, 3.05) is 26.4 Å². The predicted octanol–water partition coefficient (Wildman–Crippen LogP) is 16.0. The summed E-state index contributed by atoms with van der Waals surface area (Å²) >= 11 is 0. The minimum absolute atomic E-state index is 0.00436. The van der Waals surface area contributed by atoms with Crippen LogP contribution in [0.3, 0.4) is 0 Å². The summed E-state index contributed by atoms with van der Waals surface area (Å²) in [6.45, 7) is 5.57. The SMILES string of the molecule is CCCCCCCC/C=C\CCCCCC(=O)OCC1OC(OC2C(OC(=O)CCCCCCCCCCCCCCC)C(O)C(O)C(OC3OC(CO)C(O)C(O)C3O)C2OP(=O)(O)OCC(COC(=O)CCCCCCCCCCCCCCCCC)OC(=O)CCCCCCCCCCCCCCC)C(O)C(O)C1O. The van der Waals surface area contributed by atoms with Crippen molar-refractivity contribution in [1.29, 1.82) is 0 Å². The largest absolute Gasteiger partial charge is 0.472 e. The molecule has 2 saturated heterocycles. The Balaban J connectivity index is 1.93. The van der Waals surface area contributed by atoms with Gasteiger partial charge in [-0.15, -0.1) is 0 Å². The molecule has 0 radical (unpaired) electrons. The highest BCUT2D eigenvalue weighted by molar-refractivity contribution is 7.47. The van der Waals surface area contributed by atoms with E-state index in [-0.39, 0.29) is 25.7 Å². The van der Waals surface area contributed by atoms with Gasteiger partial charge in [0.05, 0.1) is 13.2 Å². The molecule has 3 fully saturated rings. The molecule has 25 nitrogen and oxygen atoms in total. The maximum atomic E-state index is 14.9. The molecule has 1 saturated carbocycles. The summed E-state index contributed by atoms with van der Waals surface area (Å²) in [4.78, 5) is 66.3. The number of rotatable bonds is 73. The number of unbranched alkanes of at least 4 members (excludes halogenated alkanes) is 47. The number of allylic oxidation sites excluding steroid dienone is 2. The van der Waals surface area contributed by atoms with E-state index in [4.69, 9.17) is 46.9 Å². The number of hydrogen-bond donors (Lipinski definition) is 10. The third-order valence-electron chi connectivity index (χ3n) is 22.3. The van der Waals surface area contributed by atoms with E-state index in [1.807, 2.05) is 0 Å². The van der Waals surface area contributed by atoms with Gasteiger partial charge in [-0.2, -0.15) is 0 Å². The normalized spacial score (nSPS) is 25.5. The molecule has 18 unspecified atom stereocenters. The molecule has 2 aliphatic heterocycles. The third-order valence-corrected chi connectivity index (χ3v) is 23.3. The Bertz CT molecular complexity index is 2410. The van der Waals surface area contributed by atoms with Crippen LogP contribution >= 0.6 is 7.82 Å². The maximum Gasteiger partial charge on any atom is 0.472 e. The summed E-state index contributed by atoms with van der Waals surface area (Å²) in [5.41, 5.74) is 0. The fourth-order valence-electron chi connectivity index (χ4n) is 15.0. The second-order valence-corrected chi connectivity index (χ2v) is 33.9. The van der Waals surface area contributed by atoms with Gasteiger partial charge in [0, 0.05) is 25.7 Å². The van der Waals surface area contributed by atoms with E-state index < -0.39 is 162 Å². The molecule has 0 aromatic heterocycles. The average Bonchev–Trinajstić information content (AvgIpc) is 0.754. The van der Waals surface area contributed by atoms with E-state index in [1.54, 1.807) is 0 Å². The van der Waals surface area contributed by atoms with Crippen LogP contribution in [0, 0.1) is 0 Å². The zero-order chi connectivity index (χ0) is 82.5. The molecule has 2 heterocycles. The number of phosphoric acid groups is 1. The molecule has 113 heavy (non-hydrogen) atoms. The number of carbonyl (C=O) groups excluding carboxylic acids is 4. The standard InChI is InChI=1S/C87H161O25P/c1-5-9-13-17-21-25-29-33-34-38-40-43-47-51-55-59-70(89)103-64-67(106-72(91)61-57-53-49-45-41-36-31-27-23-19-15-11-7-3)65-105-113(101,102)112-85-83(110-86-80(99)76(95)74(93)68(63-88)107-86)79(98)78(97)82(109-73(92)62-58-54-50-46-42-37-32-28-24-20-16-12-8-4)84(85)111-87-81(100)77(96)75(94)69(108-87)66-104-71(90)60-56-52-48-44-39-35-30-26-22-18-14-10-6-2/h35,39,67-69,74-88,93-100H,5-34,36-38,40-66H2,1-4H3,(H,101,102)/b39-35-. The average molecular weight is 1640 g/mol. The van der Waals surface area contributed by atoms with Crippen molar-refractivity contribution in [1.82, 2.24) is 0 Å². The number of aliphatic hydroxyl groups excluding tert-OH is 9. The lowest BCUT2D eigenvalue weighted by atomic mass is 9.84. The lowest BCUT2D eigenvalue weighted by molar-refractivity contribution is -0.360. The Hall–Kier alpha value is -2.79. The number of ether oxygens (including phenoxy) is 8. The number of esters is 4. The van der Waals surface area contributed by atoms with E-state index in [0.717, 1.165) is 122 Å². The van der Waals surface area contributed by atoms with Crippen molar-refractivity contribution in [3.63, 3.8) is 0 Å². The van der Waals surface area contributed by atoms with Crippen molar-refractivity contribution in [3.8, 4) is 0 Å². The molecular formula is C87H161O25P. The molecule has 10 N–H and O–H groups in total. The van der Waals surface area contributed by atoms with Crippen molar-refractivity contribution >= 4 is 31.7 Å². The predicted molar refractivity (Wildman–Crippen MR) is 435 cm³/mol. The van der Waals surface area contributed by atoms with Crippen LogP contribution in [0.4, 0.5) is 0 Å². The summed E-state index contributed by atoms with van der Waals surface area (Å²) in [6, 6.07) is 0. The molecule has 3 aliphatic rings. The van der Waals surface area contributed by atoms with Gasteiger partial charge in [-0.3, -0.25) is 28.2 Å². The molecule has 0 aromatic carbocycles. The highest BCUT2D eigenvalue weighted by Gasteiger charge is 2.60. The summed E-state index contributed by atoms with van der Waals surface area (Å²) in [7, 11) is -5.80. The highest BCUT2D eigenvalue weighted by Crippen LogP contribution is 2.49. The highest BCUT2D eigenvalue weighted by atomic mass is 31.2. The lowest BCUT2D eigenvalue weighted by Crippen LogP contribution is -2.70. The number of hydrogen-bond acceptors (Lipinski definition) is 24. The third kappa shape index (κ3) is 47.7. The zero-order valence-corrected chi connectivity index (χ0v) is 71.3. The Morgan fingerprint density at radius 1 is 0.345 bits per heavy atom. The van der Waals surface area contributed by atoms with Crippen LogP contribution in [0.2, 0.25) is 0 Å². The molecule has 0 spiro atoms. The summed E-state index contributed by atoms with van der Waals surface area (Å²) in [6.07, 6.45) is 23.7. The number of aliphatic hydroxyl groups is 9. The molecule has 0 amide bonds. The quantitative estimate of drug-likeness (QED) is 0.00889. The maximum absolute atomic E-state index is 14.9. The molecule has 0 bridgehead atoms. The van der Waals surface area contributed by atoms with Crippen LogP contribution in [0.1, 0.15) is 387 Å². The van der Waals surface area contributed by atoms with Gasteiger partial charge in [-0.05, 0) is 51.4 Å². The minimum atomic E-state index is -5.80. The Morgan fingerprint density at radius 3 is 1.06 bits per heavy atom. The fraction of sp³-hybridized carbons (Fsp3) is 0.931. The molecule has 3 rings (SSSR count). The van der Waals surface area contributed by atoms with E-state index in [2.05, 4.69) is 39.8 Å². The molecule has 26 heteroatoms. The summed E-state index contributed by atoms with van der Waals surface area (Å²) in [5, 5.41) is 102. The second-order valence-electron chi connectivity index (χ2n) is 32.5. The Kier molecular flexibility index (Phi) is 61.8. The Labute approximate surface area is 680 Å². The first-order valence-corrected chi connectivity index (χ1v) is 46.9.